The third-order valence-electron chi connectivity index (χ3n) is 4.08. The minimum Gasteiger partial charge on any atom is -0.416 e. The van der Waals surface area contributed by atoms with Crippen molar-refractivity contribution in [2.45, 2.75) is 0 Å². The molecule has 2 aromatic carbocycles. The van der Waals surface area contributed by atoms with Crippen molar-refractivity contribution in [3.63, 3.8) is 0 Å². The quantitative estimate of drug-likeness (QED) is 0.474. The van der Waals surface area contributed by atoms with E-state index in [0.717, 1.165) is 11.1 Å². The lowest BCUT2D eigenvalue weighted by molar-refractivity contribution is 0.0727. The Balaban J connectivity index is 1.62. The molecule has 0 aliphatic heterocycles. The second-order valence-corrected chi connectivity index (χ2v) is 6.71. The van der Waals surface area contributed by atoms with Gasteiger partial charge in [0.2, 0.25) is 0 Å². The van der Waals surface area contributed by atoms with Crippen LogP contribution in [0, 0.1) is 0 Å². The second kappa shape index (κ2) is 6.95. The van der Waals surface area contributed by atoms with Crippen molar-refractivity contribution in [3.05, 3.63) is 86.9 Å². The third kappa shape index (κ3) is 3.47. The van der Waals surface area contributed by atoms with Gasteiger partial charge in [0.1, 0.15) is 5.69 Å². The number of hydrogen-bond donors (Lipinski definition) is 2. The fourth-order valence-electron chi connectivity index (χ4n) is 2.73. The van der Waals surface area contributed by atoms with E-state index in [2.05, 4.69) is 9.97 Å². The Labute approximate surface area is 163 Å². The molecule has 0 aliphatic carbocycles. The average molecular weight is 399 g/mol. The lowest BCUT2D eigenvalue weighted by atomic mass is 10.1. The summed E-state index contributed by atoms with van der Waals surface area (Å²) in [6.45, 7) is 0. The number of fused-ring (bicyclic) bond motifs is 1. The number of carbonyl (C=O) groups excluding carboxylic acids is 1. The molecule has 7 heteroatoms. The van der Waals surface area contributed by atoms with Gasteiger partial charge in [-0.25, -0.2) is 4.79 Å². The highest BCUT2D eigenvalue weighted by molar-refractivity contribution is 6.35. The first-order chi connectivity index (χ1) is 13.0. The molecule has 2 N–H and O–H groups in total. The first-order valence-corrected chi connectivity index (χ1v) is 8.75. The number of aromatic amines is 2. The molecule has 0 aliphatic rings. The lowest BCUT2D eigenvalue weighted by Gasteiger charge is -2.05. The number of carbonyl (C=O) groups is 1. The van der Waals surface area contributed by atoms with Gasteiger partial charge in [0.05, 0.1) is 10.5 Å². The predicted octanol–water partition coefficient (Wildman–Crippen LogP) is 5.05. The highest BCUT2D eigenvalue weighted by Crippen LogP contribution is 2.25. The normalized spacial score (nSPS) is 10.9. The molecule has 5 nitrogen and oxygen atoms in total. The van der Waals surface area contributed by atoms with Gasteiger partial charge in [0.15, 0.2) is 5.75 Å². The molecule has 134 valence electrons. The van der Waals surface area contributed by atoms with E-state index >= 15 is 0 Å². The molecule has 4 rings (SSSR count). The zero-order chi connectivity index (χ0) is 19.0. The monoisotopic (exact) mass is 398 g/mol. The minimum atomic E-state index is -0.674. The maximum Gasteiger partial charge on any atom is 0.360 e. The average Bonchev–Trinajstić information content (AvgIpc) is 3.14. The maximum absolute atomic E-state index is 12.4. The molecular weight excluding hydrogens is 387 g/mol. The van der Waals surface area contributed by atoms with Crippen LogP contribution in [-0.4, -0.2) is 15.9 Å². The van der Waals surface area contributed by atoms with Crippen LogP contribution in [0.3, 0.4) is 0 Å². The van der Waals surface area contributed by atoms with Crippen molar-refractivity contribution in [1.82, 2.24) is 9.97 Å². The molecule has 27 heavy (non-hydrogen) atoms. The van der Waals surface area contributed by atoms with Crippen LogP contribution in [0.5, 0.6) is 5.75 Å². The Morgan fingerprint density at radius 1 is 0.963 bits per heavy atom. The van der Waals surface area contributed by atoms with Crippen LogP contribution in [-0.2, 0) is 0 Å². The van der Waals surface area contributed by atoms with E-state index < -0.39 is 11.5 Å². The van der Waals surface area contributed by atoms with E-state index in [1.165, 1.54) is 6.07 Å². The molecule has 0 unspecified atom stereocenters. The third-order valence-corrected chi connectivity index (χ3v) is 4.67. The van der Waals surface area contributed by atoms with Crippen molar-refractivity contribution >= 4 is 40.1 Å². The van der Waals surface area contributed by atoms with Crippen molar-refractivity contribution in [3.8, 4) is 16.9 Å². The molecule has 0 fully saturated rings. The molecule has 2 heterocycles. The summed E-state index contributed by atoms with van der Waals surface area (Å²) in [5.74, 6) is -0.796. The summed E-state index contributed by atoms with van der Waals surface area (Å²) in [4.78, 5) is 30.1. The summed E-state index contributed by atoms with van der Waals surface area (Å²) in [6.07, 6.45) is 1.68. The van der Waals surface area contributed by atoms with Crippen molar-refractivity contribution in [2.75, 3.05) is 0 Å². The maximum atomic E-state index is 12.4. The van der Waals surface area contributed by atoms with E-state index in [9.17, 15) is 9.59 Å². The van der Waals surface area contributed by atoms with Gasteiger partial charge < -0.3 is 14.7 Å². The SMILES string of the molecule is O=C(Oc1cc2c(Cl)cccc2[nH]c1=O)c1cc(-c2ccc(Cl)cc2)c[nH]1. The molecular formula is C20H12Cl2N2O3. The van der Waals surface area contributed by atoms with E-state index in [-0.39, 0.29) is 11.4 Å². The van der Waals surface area contributed by atoms with Gasteiger partial charge >= 0.3 is 5.97 Å². The van der Waals surface area contributed by atoms with Crippen molar-refractivity contribution < 1.29 is 9.53 Å². The molecule has 0 amide bonds. The first-order valence-electron chi connectivity index (χ1n) is 7.99. The number of ether oxygens (including phenoxy) is 1. The van der Waals surface area contributed by atoms with Crippen LogP contribution < -0.4 is 10.3 Å². The predicted molar refractivity (Wildman–Crippen MR) is 106 cm³/mol. The van der Waals surface area contributed by atoms with Gasteiger partial charge in [0, 0.05) is 16.6 Å². The van der Waals surface area contributed by atoms with Gasteiger partial charge in [-0.1, -0.05) is 41.4 Å². The second-order valence-electron chi connectivity index (χ2n) is 5.86. The number of hydrogen-bond acceptors (Lipinski definition) is 3. The molecule has 0 atom stereocenters. The standard InChI is InChI=1S/C20H12Cl2N2O3/c21-13-6-4-11(5-7-13)12-8-17(23-10-12)20(26)27-18-9-14-15(22)2-1-3-16(14)24-19(18)25/h1-10,23H,(H,24,25). The van der Waals surface area contributed by atoms with Crippen LogP contribution in [0.2, 0.25) is 10.0 Å². The van der Waals surface area contributed by atoms with Crippen LogP contribution in [0.15, 0.2) is 65.6 Å². The molecule has 2 aromatic heterocycles. The molecule has 0 saturated carbocycles. The number of H-pyrrole nitrogens is 2. The lowest BCUT2D eigenvalue weighted by Crippen LogP contribution is -2.16. The fourth-order valence-corrected chi connectivity index (χ4v) is 3.08. The Morgan fingerprint density at radius 2 is 1.74 bits per heavy atom. The number of aromatic nitrogens is 2. The molecule has 0 bridgehead atoms. The van der Waals surface area contributed by atoms with E-state index in [0.29, 0.717) is 20.9 Å². The molecule has 4 aromatic rings. The number of rotatable bonds is 3. The summed E-state index contributed by atoms with van der Waals surface area (Å²) in [5, 5.41) is 1.67. The summed E-state index contributed by atoms with van der Waals surface area (Å²) in [7, 11) is 0. The Bertz CT molecular complexity index is 1210. The topological polar surface area (TPSA) is 75.0 Å². The zero-order valence-corrected chi connectivity index (χ0v) is 15.3. The highest BCUT2D eigenvalue weighted by Gasteiger charge is 2.15. The van der Waals surface area contributed by atoms with E-state index in [4.69, 9.17) is 27.9 Å². The van der Waals surface area contributed by atoms with Gasteiger partial charge in [0.25, 0.3) is 5.56 Å². The Kier molecular flexibility index (Phi) is 4.48. The van der Waals surface area contributed by atoms with Gasteiger partial charge in [-0.05, 0) is 47.5 Å². The highest BCUT2D eigenvalue weighted by atomic mass is 35.5. The number of benzene rings is 2. The molecule has 0 radical (unpaired) electrons. The summed E-state index contributed by atoms with van der Waals surface area (Å²) >= 11 is 12.0. The van der Waals surface area contributed by atoms with Gasteiger partial charge in [-0.2, -0.15) is 0 Å². The van der Waals surface area contributed by atoms with Crippen molar-refractivity contribution in [1.29, 1.82) is 0 Å². The first kappa shape index (κ1) is 17.4. The minimum absolute atomic E-state index is 0.122. The summed E-state index contributed by atoms with van der Waals surface area (Å²) < 4.78 is 5.27. The summed E-state index contributed by atoms with van der Waals surface area (Å²) in [6, 6.07) is 15.5. The number of nitrogens with one attached hydrogen (secondary N) is 2. The zero-order valence-electron chi connectivity index (χ0n) is 13.8. The van der Waals surface area contributed by atoms with E-state index in [1.807, 2.05) is 12.1 Å². The fraction of sp³-hybridized carbons (Fsp3) is 0. The van der Waals surface area contributed by atoms with Crippen LogP contribution in [0.1, 0.15) is 10.5 Å². The van der Waals surface area contributed by atoms with Gasteiger partial charge in [-0.15, -0.1) is 0 Å². The van der Waals surface area contributed by atoms with Crippen molar-refractivity contribution in [2.24, 2.45) is 0 Å². The van der Waals surface area contributed by atoms with Crippen LogP contribution in [0.25, 0.3) is 22.0 Å². The van der Waals surface area contributed by atoms with Crippen LogP contribution in [0.4, 0.5) is 0 Å². The summed E-state index contributed by atoms with van der Waals surface area (Å²) in [5.41, 5.74) is 1.97. The van der Waals surface area contributed by atoms with Crippen LogP contribution >= 0.6 is 23.2 Å². The largest absolute Gasteiger partial charge is 0.416 e. The Morgan fingerprint density at radius 3 is 2.52 bits per heavy atom. The Hall–Kier alpha value is -3.02. The number of pyridine rings is 1. The van der Waals surface area contributed by atoms with E-state index in [1.54, 1.807) is 42.6 Å². The molecule has 0 spiro atoms. The van der Waals surface area contributed by atoms with Gasteiger partial charge in [-0.3, -0.25) is 4.79 Å². The molecule has 0 saturated heterocycles. The number of halogens is 2. The number of esters is 1. The smallest absolute Gasteiger partial charge is 0.360 e.